The van der Waals surface area contributed by atoms with Gasteiger partial charge in [0.15, 0.2) is 0 Å². The molecule has 0 bridgehead atoms. The number of hydrogen-bond donors (Lipinski definition) is 1. The van der Waals surface area contributed by atoms with Crippen molar-refractivity contribution in [3.05, 3.63) is 57.3 Å². The number of amides is 1. The minimum absolute atomic E-state index is 0.0662. The first-order valence-corrected chi connectivity index (χ1v) is 8.01. The van der Waals surface area contributed by atoms with Crippen molar-refractivity contribution in [3.63, 3.8) is 0 Å². The summed E-state index contributed by atoms with van der Waals surface area (Å²) in [5.41, 5.74) is 3.41. The van der Waals surface area contributed by atoms with Crippen molar-refractivity contribution in [1.29, 1.82) is 0 Å². The lowest BCUT2D eigenvalue weighted by Crippen LogP contribution is -2.36. The zero-order valence-corrected chi connectivity index (χ0v) is 13.6. The van der Waals surface area contributed by atoms with E-state index < -0.39 is 0 Å². The molecule has 0 saturated carbocycles. The first-order chi connectivity index (χ1) is 11.1. The van der Waals surface area contributed by atoms with E-state index in [1.165, 1.54) is 5.56 Å². The molecule has 5 nitrogen and oxygen atoms in total. The van der Waals surface area contributed by atoms with Gasteiger partial charge in [0.1, 0.15) is 5.82 Å². The zero-order valence-electron chi connectivity index (χ0n) is 13.6. The highest BCUT2D eigenvalue weighted by atomic mass is 16.2. The normalized spacial score (nSPS) is 13.7. The first-order valence-electron chi connectivity index (χ1n) is 8.01. The van der Waals surface area contributed by atoms with E-state index in [-0.39, 0.29) is 11.5 Å². The van der Waals surface area contributed by atoms with Crippen molar-refractivity contribution in [3.8, 4) is 0 Å². The van der Waals surface area contributed by atoms with Gasteiger partial charge in [-0.2, -0.15) is 0 Å². The second-order valence-electron chi connectivity index (χ2n) is 5.99. The van der Waals surface area contributed by atoms with Crippen LogP contribution in [-0.2, 0) is 17.6 Å². The van der Waals surface area contributed by atoms with Gasteiger partial charge in [0.25, 0.3) is 5.56 Å². The fourth-order valence-corrected chi connectivity index (χ4v) is 3.21. The molecule has 0 saturated heterocycles. The highest BCUT2D eigenvalue weighted by Gasteiger charge is 2.22. The molecule has 23 heavy (non-hydrogen) atoms. The molecule has 120 valence electrons. The van der Waals surface area contributed by atoms with Gasteiger partial charge in [-0.05, 0) is 44.7 Å². The number of fused-ring (bicyclic) bond motifs is 1. The van der Waals surface area contributed by atoms with Crippen LogP contribution in [0.3, 0.4) is 0 Å². The van der Waals surface area contributed by atoms with Crippen molar-refractivity contribution in [2.45, 2.75) is 39.5 Å². The summed E-state index contributed by atoms with van der Waals surface area (Å²) in [6, 6.07) is 8.04. The van der Waals surface area contributed by atoms with Crippen LogP contribution in [-0.4, -0.2) is 22.4 Å². The Bertz CT molecular complexity index is 795. The highest BCUT2D eigenvalue weighted by Crippen LogP contribution is 2.27. The van der Waals surface area contributed by atoms with Gasteiger partial charge in [-0.1, -0.05) is 18.2 Å². The molecule has 1 aliphatic rings. The Labute approximate surface area is 135 Å². The first kappa shape index (κ1) is 15.5. The van der Waals surface area contributed by atoms with Crippen LogP contribution < -0.4 is 10.5 Å². The topological polar surface area (TPSA) is 66.1 Å². The van der Waals surface area contributed by atoms with Crippen LogP contribution in [0, 0.1) is 13.8 Å². The molecule has 1 aliphatic heterocycles. The minimum Gasteiger partial charge on any atom is -0.312 e. The summed E-state index contributed by atoms with van der Waals surface area (Å²) in [5.74, 6) is 0.670. The number of aromatic amines is 1. The zero-order chi connectivity index (χ0) is 16.4. The molecule has 0 atom stereocenters. The monoisotopic (exact) mass is 311 g/mol. The number of carbonyl (C=O) groups is 1. The predicted octanol–water partition coefficient (Wildman–Crippen LogP) is 2.30. The fourth-order valence-electron chi connectivity index (χ4n) is 3.21. The molecule has 1 aromatic heterocycles. The average Bonchev–Trinajstić information content (AvgIpc) is 2.53. The molecule has 0 unspecified atom stereocenters. The number of hydrogen-bond acceptors (Lipinski definition) is 3. The molecule has 1 N–H and O–H groups in total. The van der Waals surface area contributed by atoms with Gasteiger partial charge in [0, 0.05) is 29.9 Å². The van der Waals surface area contributed by atoms with Crippen LogP contribution >= 0.6 is 0 Å². The van der Waals surface area contributed by atoms with Gasteiger partial charge in [-0.3, -0.25) is 9.59 Å². The van der Waals surface area contributed by atoms with Crippen LogP contribution in [0.4, 0.5) is 5.69 Å². The molecule has 0 fully saturated rings. The number of nitrogens with one attached hydrogen (secondary N) is 1. The molecule has 2 aromatic rings. The second kappa shape index (κ2) is 6.36. The number of benzene rings is 1. The van der Waals surface area contributed by atoms with Crippen LogP contribution in [0.25, 0.3) is 0 Å². The van der Waals surface area contributed by atoms with E-state index in [0.29, 0.717) is 29.9 Å². The van der Waals surface area contributed by atoms with Gasteiger partial charge in [-0.25, -0.2) is 4.98 Å². The Kier molecular flexibility index (Phi) is 4.28. The van der Waals surface area contributed by atoms with Crippen molar-refractivity contribution >= 4 is 11.6 Å². The van der Waals surface area contributed by atoms with Crippen molar-refractivity contribution < 1.29 is 4.79 Å². The van der Waals surface area contributed by atoms with E-state index >= 15 is 0 Å². The summed E-state index contributed by atoms with van der Waals surface area (Å²) >= 11 is 0. The van der Waals surface area contributed by atoms with E-state index in [0.717, 1.165) is 25.1 Å². The number of aromatic nitrogens is 2. The number of carbonyl (C=O) groups excluding carboxylic acids is 1. The van der Waals surface area contributed by atoms with E-state index in [9.17, 15) is 9.59 Å². The van der Waals surface area contributed by atoms with Gasteiger partial charge >= 0.3 is 0 Å². The lowest BCUT2D eigenvalue weighted by molar-refractivity contribution is -0.118. The number of nitrogens with zero attached hydrogens (tertiary/aromatic N) is 2. The highest BCUT2D eigenvalue weighted by molar-refractivity contribution is 5.94. The Morgan fingerprint density at radius 2 is 2.09 bits per heavy atom. The maximum atomic E-state index is 12.6. The van der Waals surface area contributed by atoms with Gasteiger partial charge in [-0.15, -0.1) is 0 Å². The molecule has 3 rings (SSSR count). The quantitative estimate of drug-likeness (QED) is 0.946. The van der Waals surface area contributed by atoms with E-state index in [4.69, 9.17) is 0 Å². The predicted molar refractivity (Wildman–Crippen MR) is 89.8 cm³/mol. The number of anilines is 1. The number of rotatable bonds is 3. The fraction of sp³-hybridized carbons (Fsp3) is 0.389. The molecule has 1 aromatic carbocycles. The number of aryl methyl sites for hydroxylation is 3. The summed E-state index contributed by atoms with van der Waals surface area (Å²) in [7, 11) is 0. The Morgan fingerprint density at radius 3 is 2.87 bits per heavy atom. The Morgan fingerprint density at radius 1 is 1.30 bits per heavy atom. The van der Waals surface area contributed by atoms with E-state index in [1.807, 2.05) is 30.0 Å². The third-order valence-electron chi connectivity index (χ3n) is 4.34. The molecule has 5 heteroatoms. The SMILES string of the molecule is Cc1nc(C)c(CCC(=O)N2CCCc3ccccc32)c(=O)[nH]1. The molecule has 0 aliphatic carbocycles. The molecular formula is C18H21N3O2. The number of para-hydroxylation sites is 1. The molecule has 1 amide bonds. The summed E-state index contributed by atoms with van der Waals surface area (Å²) in [6.45, 7) is 4.32. The Hall–Kier alpha value is -2.43. The number of H-pyrrole nitrogens is 1. The van der Waals surface area contributed by atoms with Crippen molar-refractivity contribution in [2.24, 2.45) is 0 Å². The largest absolute Gasteiger partial charge is 0.312 e. The van der Waals surface area contributed by atoms with Gasteiger partial charge in [0.05, 0.1) is 0 Å². The van der Waals surface area contributed by atoms with Crippen LogP contribution in [0.2, 0.25) is 0 Å². The Balaban J connectivity index is 1.75. The lowest BCUT2D eigenvalue weighted by atomic mass is 10.0. The summed E-state index contributed by atoms with van der Waals surface area (Å²) < 4.78 is 0. The lowest BCUT2D eigenvalue weighted by Gasteiger charge is -2.29. The molecule has 2 heterocycles. The van der Waals surface area contributed by atoms with E-state index in [2.05, 4.69) is 16.0 Å². The summed E-state index contributed by atoms with van der Waals surface area (Å²) in [5, 5.41) is 0. The average molecular weight is 311 g/mol. The van der Waals surface area contributed by atoms with Gasteiger partial charge < -0.3 is 9.88 Å². The van der Waals surface area contributed by atoms with Gasteiger partial charge in [0.2, 0.25) is 5.91 Å². The van der Waals surface area contributed by atoms with Crippen molar-refractivity contribution in [2.75, 3.05) is 11.4 Å². The third kappa shape index (κ3) is 3.18. The molecule has 0 spiro atoms. The van der Waals surface area contributed by atoms with Crippen molar-refractivity contribution in [1.82, 2.24) is 9.97 Å². The molecular weight excluding hydrogens is 290 g/mol. The minimum atomic E-state index is -0.137. The van der Waals surface area contributed by atoms with E-state index in [1.54, 1.807) is 6.92 Å². The maximum absolute atomic E-state index is 12.6. The van der Waals surface area contributed by atoms with Crippen LogP contribution in [0.5, 0.6) is 0 Å². The summed E-state index contributed by atoms with van der Waals surface area (Å²) in [6.07, 6.45) is 2.74. The maximum Gasteiger partial charge on any atom is 0.254 e. The smallest absolute Gasteiger partial charge is 0.254 e. The van der Waals surface area contributed by atoms with Crippen LogP contribution in [0.15, 0.2) is 29.1 Å². The van der Waals surface area contributed by atoms with Crippen LogP contribution in [0.1, 0.15) is 35.5 Å². The third-order valence-corrected chi connectivity index (χ3v) is 4.34. The molecule has 0 radical (unpaired) electrons. The standard InChI is InChI=1S/C18H21N3O2/c1-12-15(18(23)20-13(2)19-12)9-10-17(22)21-11-5-7-14-6-3-4-8-16(14)21/h3-4,6,8H,5,7,9-11H2,1-2H3,(H,19,20,23). The summed E-state index contributed by atoms with van der Waals surface area (Å²) in [4.78, 5) is 33.5. The second-order valence-corrected chi connectivity index (χ2v) is 5.99.